The Morgan fingerprint density at radius 3 is 2.53 bits per heavy atom. The van der Waals surface area contributed by atoms with Crippen LogP contribution in [-0.2, 0) is 9.47 Å². The first-order valence-electron chi connectivity index (χ1n) is 11.2. The number of rotatable bonds is 8. The lowest BCUT2D eigenvalue weighted by molar-refractivity contribution is 0.0320. The number of anilines is 2. The van der Waals surface area contributed by atoms with Crippen LogP contribution in [0.1, 0.15) is 16.8 Å². The highest BCUT2D eigenvalue weighted by atomic mass is 16.5. The average Bonchev–Trinajstić information content (AvgIpc) is 2.83. The third kappa shape index (κ3) is 6.38. The van der Waals surface area contributed by atoms with E-state index in [0.717, 1.165) is 76.1 Å². The van der Waals surface area contributed by atoms with Crippen molar-refractivity contribution in [3.63, 3.8) is 0 Å². The summed E-state index contributed by atoms with van der Waals surface area (Å²) in [4.78, 5) is 13.6. The molecule has 0 unspecified atom stereocenters. The zero-order valence-electron chi connectivity index (χ0n) is 18.9. The molecule has 32 heavy (non-hydrogen) atoms. The highest BCUT2D eigenvalue weighted by molar-refractivity contribution is 5.78. The molecule has 2 aromatic heterocycles. The number of nitrogens with one attached hydrogen (secondary N) is 1. The number of hydrazone groups is 1. The van der Waals surface area contributed by atoms with Crippen molar-refractivity contribution in [3.8, 4) is 5.88 Å². The number of hydrogen-bond donors (Lipinski definition) is 1. The summed E-state index contributed by atoms with van der Waals surface area (Å²) in [5, 5.41) is 4.34. The predicted molar refractivity (Wildman–Crippen MR) is 125 cm³/mol. The summed E-state index contributed by atoms with van der Waals surface area (Å²) in [6.07, 6.45) is 3.56. The van der Waals surface area contributed by atoms with Gasteiger partial charge in [0, 0.05) is 56.7 Å². The summed E-state index contributed by atoms with van der Waals surface area (Å²) >= 11 is 0. The Morgan fingerprint density at radius 2 is 1.78 bits per heavy atom. The lowest BCUT2D eigenvalue weighted by Crippen LogP contribution is -2.38. The van der Waals surface area contributed by atoms with E-state index in [-0.39, 0.29) is 0 Å². The van der Waals surface area contributed by atoms with Crippen molar-refractivity contribution in [2.24, 2.45) is 5.10 Å². The first kappa shape index (κ1) is 22.4. The SMILES string of the molecule is Cc1cnc(/C=N/Nc2cc(N3CCOCC3)cc(OCCN3CCOCC3)n2)cc1C. The maximum Gasteiger partial charge on any atom is 0.217 e. The molecule has 1 N–H and O–H groups in total. The molecule has 0 saturated carbocycles. The van der Waals surface area contributed by atoms with E-state index in [1.807, 2.05) is 31.3 Å². The molecule has 2 fully saturated rings. The third-order valence-corrected chi connectivity index (χ3v) is 5.69. The first-order valence-corrected chi connectivity index (χ1v) is 11.2. The normalized spacial score (nSPS) is 17.6. The lowest BCUT2D eigenvalue weighted by atomic mass is 10.1. The lowest BCUT2D eigenvalue weighted by Gasteiger charge is -2.29. The van der Waals surface area contributed by atoms with Gasteiger partial charge in [-0.1, -0.05) is 0 Å². The highest BCUT2D eigenvalue weighted by Gasteiger charge is 2.15. The molecule has 0 aromatic carbocycles. The van der Waals surface area contributed by atoms with Gasteiger partial charge in [-0.2, -0.15) is 10.1 Å². The molecule has 9 nitrogen and oxygen atoms in total. The average molecular weight is 441 g/mol. The van der Waals surface area contributed by atoms with Gasteiger partial charge in [0.15, 0.2) is 5.82 Å². The molecule has 0 amide bonds. The van der Waals surface area contributed by atoms with Crippen molar-refractivity contribution in [1.82, 2.24) is 14.9 Å². The minimum atomic E-state index is 0.578. The van der Waals surface area contributed by atoms with Gasteiger partial charge in [-0.05, 0) is 31.0 Å². The number of ether oxygens (including phenoxy) is 3. The molecule has 2 aromatic rings. The van der Waals surface area contributed by atoms with Crippen LogP contribution in [0.25, 0.3) is 0 Å². The Balaban J connectivity index is 1.43. The molecular weight excluding hydrogens is 408 g/mol. The van der Waals surface area contributed by atoms with Gasteiger partial charge in [0.25, 0.3) is 0 Å². The van der Waals surface area contributed by atoms with E-state index in [2.05, 4.69) is 37.2 Å². The molecule has 0 bridgehead atoms. The van der Waals surface area contributed by atoms with E-state index >= 15 is 0 Å². The van der Waals surface area contributed by atoms with Gasteiger partial charge < -0.3 is 19.1 Å². The summed E-state index contributed by atoms with van der Waals surface area (Å²) in [5.74, 6) is 1.22. The molecule has 0 atom stereocenters. The van der Waals surface area contributed by atoms with Gasteiger partial charge in [0.2, 0.25) is 5.88 Å². The predicted octanol–water partition coefficient (Wildman–Crippen LogP) is 2.09. The molecule has 0 spiro atoms. The molecule has 9 heteroatoms. The van der Waals surface area contributed by atoms with Crippen molar-refractivity contribution < 1.29 is 14.2 Å². The molecular formula is C23H32N6O3. The molecule has 172 valence electrons. The van der Waals surface area contributed by atoms with Crippen LogP contribution in [0.2, 0.25) is 0 Å². The molecule has 2 saturated heterocycles. The summed E-state index contributed by atoms with van der Waals surface area (Å²) < 4.78 is 16.9. The molecule has 0 aliphatic carbocycles. The summed E-state index contributed by atoms with van der Waals surface area (Å²) in [6, 6.07) is 5.99. The summed E-state index contributed by atoms with van der Waals surface area (Å²) in [5.41, 5.74) is 7.23. The van der Waals surface area contributed by atoms with Gasteiger partial charge in [-0.3, -0.25) is 15.3 Å². The smallest absolute Gasteiger partial charge is 0.217 e. The van der Waals surface area contributed by atoms with Crippen molar-refractivity contribution in [2.45, 2.75) is 13.8 Å². The van der Waals surface area contributed by atoms with Crippen molar-refractivity contribution in [3.05, 3.63) is 41.2 Å². The van der Waals surface area contributed by atoms with Gasteiger partial charge in [0.05, 0.1) is 38.3 Å². The maximum atomic E-state index is 6.02. The van der Waals surface area contributed by atoms with Crippen LogP contribution >= 0.6 is 0 Å². The molecule has 2 aliphatic rings. The van der Waals surface area contributed by atoms with Crippen LogP contribution in [0.15, 0.2) is 29.5 Å². The molecule has 2 aliphatic heterocycles. The molecule has 0 radical (unpaired) electrons. The number of aryl methyl sites for hydroxylation is 2. The standard InChI is InChI=1S/C23H32N6O3/c1-18-13-20(24-16-19(18)2)17-25-27-22-14-21(29-6-10-31-11-7-29)15-23(26-22)32-12-5-28-3-8-30-9-4-28/h13-17H,3-12H2,1-2H3,(H,26,27)/b25-17+. The van der Waals surface area contributed by atoms with Gasteiger partial charge >= 0.3 is 0 Å². The third-order valence-electron chi connectivity index (χ3n) is 5.69. The second kappa shape index (κ2) is 11.2. The van der Waals surface area contributed by atoms with Crippen molar-refractivity contribution in [2.75, 3.05) is 76.1 Å². The van der Waals surface area contributed by atoms with E-state index < -0.39 is 0 Å². The monoisotopic (exact) mass is 440 g/mol. The van der Waals surface area contributed by atoms with Crippen LogP contribution in [0, 0.1) is 13.8 Å². The number of aromatic nitrogens is 2. The zero-order chi connectivity index (χ0) is 22.2. The second-order valence-corrected chi connectivity index (χ2v) is 8.01. The van der Waals surface area contributed by atoms with E-state index in [1.54, 1.807) is 6.21 Å². The van der Waals surface area contributed by atoms with Crippen LogP contribution in [-0.4, -0.2) is 86.8 Å². The fourth-order valence-corrected chi connectivity index (χ4v) is 3.61. The first-order chi connectivity index (χ1) is 15.7. The fraction of sp³-hybridized carbons (Fsp3) is 0.522. The van der Waals surface area contributed by atoms with Gasteiger partial charge in [-0.25, -0.2) is 0 Å². The summed E-state index contributed by atoms with van der Waals surface area (Å²) in [6.45, 7) is 12.1. The Bertz CT molecular complexity index is 911. The molecule has 4 rings (SSSR count). The van der Waals surface area contributed by atoms with Crippen molar-refractivity contribution >= 4 is 17.7 Å². The van der Waals surface area contributed by atoms with Crippen LogP contribution in [0.3, 0.4) is 0 Å². The largest absolute Gasteiger partial charge is 0.476 e. The van der Waals surface area contributed by atoms with Gasteiger partial charge in [0.1, 0.15) is 6.61 Å². The van der Waals surface area contributed by atoms with E-state index in [0.29, 0.717) is 18.3 Å². The minimum Gasteiger partial charge on any atom is -0.476 e. The summed E-state index contributed by atoms with van der Waals surface area (Å²) in [7, 11) is 0. The number of morpholine rings is 2. The Labute approximate surface area is 189 Å². The van der Waals surface area contributed by atoms with Crippen LogP contribution in [0.5, 0.6) is 5.88 Å². The molecule has 4 heterocycles. The van der Waals surface area contributed by atoms with Crippen LogP contribution < -0.4 is 15.1 Å². The maximum absolute atomic E-state index is 6.02. The fourth-order valence-electron chi connectivity index (χ4n) is 3.61. The Kier molecular flexibility index (Phi) is 7.87. The number of hydrogen-bond acceptors (Lipinski definition) is 9. The second-order valence-electron chi connectivity index (χ2n) is 8.01. The highest BCUT2D eigenvalue weighted by Crippen LogP contribution is 2.25. The number of nitrogens with zero attached hydrogens (tertiary/aromatic N) is 5. The quantitative estimate of drug-likeness (QED) is 0.494. The van der Waals surface area contributed by atoms with E-state index in [4.69, 9.17) is 14.2 Å². The topological polar surface area (TPSA) is 84.3 Å². The minimum absolute atomic E-state index is 0.578. The van der Waals surface area contributed by atoms with Crippen LogP contribution in [0.4, 0.5) is 11.5 Å². The van der Waals surface area contributed by atoms with E-state index in [1.165, 1.54) is 5.56 Å². The van der Waals surface area contributed by atoms with E-state index in [9.17, 15) is 0 Å². The Morgan fingerprint density at radius 1 is 1.03 bits per heavy atom. The van der Waals surface area contributed by atoms with Gasteiger partial charge in [-0.15, -0.1) is 0 Å². The Hall–Kier alpha value is -2.75. The van der Waals surface area contributed by atoms with Crippen molar-refractivity contribution in [1.29, 1.82) is 0 Å². The zero-order valence-corrected chi connectivity index (χ0v) is 18.9. The number of pyridine rings is 2.